The summed E-state index contributed by atoms with van der Waals surface area (Å²) in [4.78, 5) is 0. The fraction of sp³-hybridized carbons (Fsp3) is 0.455. The number of halogens is 1. The van der Waals surface area contributed by atoms with Crippen LogP contribution in [0.3, 0.4) is 0 Å². The number of hydrogen-bond donors (Lipinski definition) is 1. The minimum absolute atomic E-state index is 0.134. The third kappa shape index (κ3) is 1.46. The van der Waals surface area contributed by atoms with Crippen LogP contribution in [-0.4, -0.2) is 0 Å². The van der Waals surface area contributed by atoms with Gasteiger partial charge in [-0.1, -0.05) is 19.9 Å². The smallest absolute Gasteiger partial charge is 0.123 e. The van der Waals surface area contributed by atoms with Gasteiger partial charge in [0.15, 0.2) is 0 Å². The van der Waals surface area contributed by atoms with E-state index in [-0.39, 0.29) is 5.82 Å². The molecule has 0 fully saturated rings. The van der Waals surface area contributed by atoms with Gasteiger partial charge in [0.1, 0.15) is 5.82 Å². The van der Waals surface area contributed by atoms with Crippen molar-refractivity contribution in [2.45, 2.75) is 26.4 Å². The van der Waals surface area contributed by atoms with E-state index < -0.39 is 0 Å². The molecule has 0 amide bonds. The van der Waals surface area contributed by atoms with Crippen molar-refractivity contribution in [3.05, 3.63) is 35.1 Å². The Labute approximate surface area is 78.0 Å². The van der Waals surface area contributed by atoms with Crippen LogP contribution >= 0.6 is 0 Å². The molecule has 0 radical (unpaired) electrons. The van der Waals surface area contributed by atoms with Crippen LogP contribution in [0.25, 0.3) is 0 Å². The molecule has 0 saturated heterocycles. The first-order chi connectivity index (χ1) is 6.18. The van der Waals surface area contributed by atoms with Crippen LogP contribution in [0.15, 0.2) is 18.2 Å². The first-order valence-electron chi connectivity index (χ1n) is 4.70. The minimum atomic E-state index is -0.134. The summed E-state index contributed by atoms with van der Waals surface area (Å²) in [6.07, 6.45) is 0. The summed E-state index contributed by atoms with van der Waals surface area (Å²) in [7, 11) is 0. The Morgan fingerprint density at radius 3 is 2.92 bits per heavy atom. The lowest BCUT2D eigenvalue weighted by Crippen LogP contribution is -2.17. The number of rotatable bonds is 1. The van der Waals surface area contributed by atoms with E-state index in [2.05, 4.69) is 19.2 Å². The standard InChI is InChI=1S/C11H14FN/c1-7(2)11-10-4-3-9(12)5-8(10)6-13-11/h3-5,7,11,13H,6H2,1-2H3. The molecule has 1 aromatic carbocycles. The van der Waals surface area contributed by atoms with Crippen LogP contribution in [0.4, 0.5) is 4.39 Å². The summed E-state index contributed by atoms with van der Waals surface area (Å²) in [6.45, 7) is 5.15. The highest BCUT2D eigenvalue weighted by molar-refractivity contribution is 5.34. The van der Waals surface area contributed by atoms with Crippen LogP contribution in [0.2, 0.25) is 0 Å². The summed E-state index contributed by atoms with van der Waals surface area (Å²) >= 11 is 0. The highest BCUT2D eigenvalue weighted by Crippen LogP contribution is 2.30. The molecule has 1 N–H and O–H groups in total. The van der Waals surface area contributed by atoms with E-state index in [0.717, 1.165) is 12.1 Å². The van der Waals surface area contributed by atoms with Crippen LogP contribution in [0.1, 0.15) is 31.0 Å². The Bertz CT molecular complexity index is 320. The Kier molecular flexibility index (Phi) is 2.08. The van der Waals surface area contributed by atoms with Gasteiger partial charge in [-0.25, -0.2) is 4.39 Å². The van der Waals surface area contributed by atoms with Gasteiger partial charge in [-0.05, 0) is 29.2 Å². The van der Waals surface area contributed by atoms with Crippen molar-refractivity contribution in [1.82, 2.24) is 5.32 Å². The molecule has 0 bridgehead atoms. The molecule has 1 aliphatic heterocycles. The lowest BCUT2D eigenvalue weighted by molar-refractivity contribution is 0.441. The summed E-state index contributed by atoms with van der Waals surface area (Å²) in [5.74, 6) is 0.427. The normalized spacial score (nSPS) is 20.8. The molecule has 0 aliphatic carbocycles. The molecule has 0 spiro atoms. The lowest BCUT2D eigenvalue weighted by Gasteiger charge is -2.15. The molecule has 1 heterocycles. The van der Waals surface area contributed by atoms with Gasteiger partial charge in [0, 0.05) is 12.6 Å². The molecule has 1 nitrogen and oxygen atoms in total. The second kappa shape index (κ2) is 3.11. The summed E-state index contributed by atoms with van der Waals surface area (Å²) in [5.41, 5.74) is 2.37. The van der Waals surface area contributed by atoms with Crippen LogP contribution < -0.4 is 5.32 Å². The Hall–Kier alpha value is -0.890. The third-order valence-corrected chi connectivity index (χ3v) is 2.62. The van der Waals surface area contributed by atoms with Crippen LogP contribution in [0, 0.1) is 11.7 Å². The highest BCUT2D eigenvalue weighted by Gasteiger charge is 2.24. The van der Waals surface area contributed by atoms with Gasteiger partial charge in [-0.15, -0.1) is 0 Å². The van der Waals surface area contributed by atoms with Crippen molar-refractivity contribution < 1.29 is 4.39 Å². The van der Waals surface area contributed by atoms with Gasteiger partial charge < -0.3 is 5.32 Å². The Morgan fingerprint density at radius 1 is 1.46 bits per heavy atom. The molecule has 0 saturated carbocycles. The maximum atomic E-state index is 12.9. The number of fused-ring (bicyclic) bond motifs is 1. The maximum Gasteiger partial charge on any atom is 0.123 e. The van der Waals surface area contributed by atoms with E-state index in [1.54, 1.807) is 12.1 Å². The molecule has 1 atom stereocenters. The van der Waals surface area contributed by atoms with E-state index in [0.29, 0.717) is 12.0 Å². The van der Waals surface area contributed by atoms with Crippen molar-refractivity contribution in [2.24, 2.45) is 5.92 Å². The van der Waals surface area contributed by atoms with Gasteiger partial charge in [0.05, 0.1) is 0 Å². The minimum Gasteiger partial charge on any atom is -0.306 e. The van der Waals surface area contributed by atoms with E-state index in [1.807, 2.05) is 6.07 Å². The van der Waals surface area contributed by atoms with Gasteiger partial charge >= 0.3 is 0 Å². The molecule has 2 rings (SSSR count). The molecule has 2 heteroatoms. The van der Waals surface area contributed by atoms with Gasteiger partial charge in [0.2, 0.25) is 0 Å². The molecule has 0 aromatic heterocycles. The molecule has 13 heavy (non-hydrogen) atoms. The zero-order valence-electron chi connectivity index (χ0n) is 7.97. The average Bonchev–Trinajstić information content (AvgIpc) is 2.46. The van der Waals surface area contributed by atoms with E-state index in [4.69, 9.17) is 0 Å². The van der Waals surface area contributed by atoms with E-state index in [1.165, 1.54) is 5.56 Å². The fourth-order valence-electron chi connectivity index (χ4n) is 1.96. The molecular formula is C11H14FN. The SMILES string of the molecule is CC(C)C1NCc2cc(F)ccc21. The zero-order valence-corrected chi connectivity index (χ0v) is 7.97. The van der Waals surface area contributed by atoms with Crippen molar-refractivity contribution in [2.75, 3.05) is 0 Å². The van der Waals surface area contributed by atoms with Crippen LogP contribution in [0.5, 0.6) is 0 Å². The second-order valence-electron chi connectivity index (χ2n) is 3.95. The molecule has 1 aliphatic rings. The van der Waals surface area contributed by atoms with Crippen LogP contribution in [-0.2, 0) is 6.54 Å². The lowest BCUT2D eigenvalue weighted by atomic mass is 9.96. The highest BCUT2D eigenvalue weighted by atomic mass is 19.1. The van der Waals surface area contributed by atoms with E-state index >= 15 is 0 Å². The summed E-state index contributed by atoms with van der Waals surface area (Å²) in [5, 5.41) is 3.38. The third-order valence-electron chi connectivity index (χ3n) is 2.62. The predicted octanol–water partition coefficient (Wildman–Crippen LogP) is 2.63. The number of nitrogens with one attached hydrogen (secondary N) is 1. The first-order valence-corrected chi connectivity index (χ1v) is 4.70. The topological polar surface area (TPSA) is 12.0 Å². The fourth-order valence-corrected chi connectivity index (χ4v) is 1.96. The molecular weight excluding hydrogens is 165 g/mol. The molecule has 1 aromatic rings. The zero-order chi connectivity index (χ0) is 9.42. The van der Waals surface area contributed by atoms with Gasteiger partial charge in [0.25, 0.3) is 0 Å². The van der Waals surface area contributed by atoms with Gasteiger partial charge in [-0.3, -0.25) is 0 Å². The number of benzene rings is 1. The largest absolute Gasteiger partial charge is 0.306 e. The average molecular weight is 179 g/mol. The summed E-state index contributed by atoms with van der Waals surface area (Å²) in [6, 6.07) is 5.47. The second-order valence-corrected chi connectivity index (χ2v) is 3.95. The van der Waals surface area contributed by atoms with Crippen molar-refractivity contribution >= 4 is 0 Å². The maximum absolute atomic E-state index is 12.9. The van der Waals surface area contributed by atoms with Gasteiger partial charge in [-0.2, -0.15) is 0 Å². The monoisotopic (exact) mass is 179 g/mol. The van der Waals surface area contributed by atoms with Crippen molar-refractivity contribution in [3.63, 3.8) is 0 Å². The Morgan fingerprint density at radius 2 is 2.23 bits per heavy atom. The molecule has 70 valence electrons. The first kappa shape index (κ1) is 8.70. The van der Waals surface area contributed by atoms with Crippen molar-refractivity contribution in [1.29, 1.82) is 0 Å². The molecule has 1 unspecified atom stereocenters. The number of hydrogen-bond acceptors (Lipinski definition) is 1. The van der Waals surface area contributed by atoms with Crippen molar-refractivity contribution in [3.8, 4) is 0 Å². The quantitative estimate of drug-likeness (QED) is 0.698. The van der Waals surface area contributed by atoms with E-state index in [9.17, 15) is 4.39 Å². The Balaban J connectivity index is 2.38. The predicted molar refractivity (Wildman–Crippen MR) is 50.8 cm³/mol. The summed E-state index contributed by atoms with van der Waals surface area (Å²) < 4.78 is 12.9.